The van der Waals surface area contributed by atoms with Crippen molar-refractivity contribution < 1.29 is 29.3 Å². The molecule has 1 spiro atoms. The molecule has 1 saturated carbocycles. The predicted octanol–water partition coefficient (Wildman–Crippen LogP) is 8.17. The number of carboxylic acids is 2. The number of fused-ring (bicyclic) bond motifs is 2. The van der Waals surface area contributed by atoms with Gasteiger partial charge in [0.15, 0.2) is 0 Å². The van der Waals surface area contributed by atoms with Crippen molar-refractivity contribution in [1.29, 1.82) is 0 Å². The number of amides is 1. The topological polar surface area (TPSA) is 128 Å². The molecule has 3 aromatic carbocycles. The molecule has 50 heavy (non-hydrogen) atoms. The molecular formula is C39H45Cl2N3O6. The van der Waals surface area contributed by atoms with Crippen LogP contribution in [0.1, 0.15) is 80.3 Å². The number of aliphatic carboxylic acids is 1. The number of nitrogens with zero attached hydrogens (tertiary/aromatic N) is 1. The third-order valence-corrected chi connectivity index (χ3v) is 11.6. The lowest BCUT2D eigenvalue weighted by atomic mass is 9.63. The fourth-order valence-electron chi connectivity index (χ4n) is 8.83. The van der Waals surface area contributed by atoms with Crippen molar-refractivity contribution in [3.8, 4) is 5.75 Å². The number of aromatic carboxylic acids is 1. The van der Waals surface area contributed by atoms with Gasteiger partial charge in [0.1, 0.15) is 5.75 Å². The number of ether oxygens (including phenoxy) is 1. The minimum absolute atomic E-state index is 0.0795. The first-order chi connectivity index (χ1) is 23.7. The van der Waals surface area contributed by atoms with Gasteiger partial charge < -0.3 is 25.6 Å². The summed E-state index contributed by atoms with van der Waals surface area (Å²) in [4.78, 5) is 41.8. The fraction of sp³-hybridized carbons (Fsp3) is 0.462. The summed E-state index contributed by atoms with van der Waals surface area (Å²) in [5, 5.41) is 27.7. The Bertz CT molecular complexity index is 1790. The molecular weight excluding hydrogens is 677 g/mol. The number of carbonyl (C=O) groups is 3. The Morgan fingerprint density at radius 1 is 1.00 bits per heavy atom. The van der Waals surface area contributed by atoms with Crippen LogP contribution in [0, 0.1) is 17.3 Å². The summed E-state index contributed by atoms with van der Waals surface area (Å²) < 4.78 is 5.56. The molecule has 1 saturated heterocycles. The van der Waals surface area contributed by atoms with Crippen molar-refractivity contribution >= 4 is 52.4 Å². The van der Waals surface area contributed by atoms with Crippen LogP contribution >= 0.6 is 23.2 Å². The summed E-state index contributed by atoms with van der Waals surface area (Å²) in [6, 6.07) is 17.2. The van der Waals surface area contributed by atoms with E-state index in [2.05, 4.69) is 36.3 Å². The van der Waals surface area contributed by atoms with Gasteiger partial charge in [-0.15, -0.1) is 0 Å². The molecule has 1 amide bonds. The van der Waals surface area contributed by atoms with Gasteiger partial charge in [0.2, 0.25) is 5.91 Å². The van der Waals surface area contributed by atoms with E-state index < -0.39 is 29.3 Å². The number of para-hydroxylation sites is 1. The molecule has 4 atom stereocenters. The lowest BCUT2D eigenvalue weighted by molar-refractivity contribution is -0.143. The first-order valence-corrected chi connectivity index (χ1v) is 18.0. The third-order valence-electron chi connectivity index (χ3n) is 11.0. The van der Waals surface area contributed by atoms with Crippen molar-refractivity contribution in [3.05, 3.63) is 87.4 Å². The Kier molecular flexibility index (Phi) is 10.1. The van der Waals surface area contributed by atoms with Crippen LogP contribution in [0.2, 0.25) is 10.0 Å². The molecule has 2 heterocycles. The number of methoxy groups -OCH3 is 1. The second-order valence-corrected chi connectivity index (χ2v) is 16.1. The van der Waals surface area contributed by atoms with Gasteiger partial charge in [0, 0.05) is 46.2 Å². The Hall–Kier alpha value is -3.79. The molecule has 4 N–H and O–H groups in total. The zero-order valence-electron chi connectivity index (χ0n) is 28.8. The van der Waals surface area contributed by atoms with E-state index in [1.54, 1.807) is 12.1 Å². The SMILES string of the molecule is COc1cccc(C(=O)O)c1NC(=O)C1C(c2ccccc2Cl)C2(CNc3ccc(Cl)cc32)C(CC(C)(C)C)N1CC1CCC(C(=O)O)CC1. The Morgan fingerprint density at radius 2 is 1.72 bits per heavy atom. The highest BCUT2D eigenvalue weighted by atomic mass is 35.5. The van der Waals surface area contributed by atoms with E-state index in [9.17, 15) is 19.8 Å². The van der Waals surface area contributed by atoms with Crippen LogP contribution in [0.25, 0.3) is 0 Å². The van der Waals surface area contributed by atoms with E-state index in [4.69, 9.17) is 27.9 Å². The van der Waals surface area contributed by atoms with Gasteiger partial charge >= 0.3 is 11.9 Å². The molecule has 6 rings (SSSR count). The standard InChI is InChI=1S/C39H45Cl2N3O6/c1-38(2,3)19-31-39(21-42-29-17-16-24(40)18-27(29)39)32(25-8-5-6-10-28(25)41)34(44(31)20-22-12-14-23(15-13-22)36(46)47)35(45)43-33-26(37(48)49)9-7-11-30(33)50-4/h5-11,16-18,22-23,31-32,34,42H,12-15,19-21H2,1-4H3,(H,43,45)(H,46,47)(H,48,49). The maximum Gasteiger partial charge on any atom is 0.337 e. The maximum absolute atomic E-state index is 15.2. The quantitative estimate of drug-likeness (QED) is 0.174. The van der Waals surface area contributed by atoms with E-state index in [1.165, 1.54) is 13.2 Å². The minimum Gasteiger partial charge on any atom is -0.495 e. The molecule has 1 aliphatic carbocycles. The molecule has 0 radical (unpaired) electrons. The monoisotopic (exact) mass is 721 g/mol. The third kappa shape index (κ3) is 6.67. The van der Waals surface area contributed by atoms with Crippen LogP contribution in [0.3, 0.4) is 0 Å². The summed E-state index contributed by atoms with van der Waals surface area (Å²) in [5.74, 6) is -2.78. The summed E-state index contributed by atoms with van der Waals surface area (Å²) in [7, 11) is 1.44. The van der Waals surface area contributed by atoms with E-state index >= 15 is 4.79 Å². The van der Waals surface area contributed by atoms with Gasteiger partial charge in [-0.25, -0.2) is 4.79 Å². The molecule has 4 unspecified atom stereocenters. The number of halogens is 2. The number of carbonyl (C=O) groups excluding carboxylic acids is 1. The summed E-state index contributed by atoms with van der Waals surface area (Å²) in [5.41, 5.74) is 1.97. The van der Waals surface area contributed by atoms with Gasteiger partial charge in [0.25, 0.3) is 0 Å². The van der Waals surface area contributed by atoms with E-state index in [1.807, 2.05) is 42.5 Å². The number of benzene rings is 3. The Labute approximate surface area is 303 Å². The second-order valence-electron chi connectivity index (χ2n) is 15.2. The van der Waals surface area contributed by atoms with Gasteiger partial charge in [-0.1, -0.05) is 68.2 Å². The first-order valence-electron chi connectivity index (χ1n) is 17.2. The summed E-state index contributed by atoms with van der Waals surface area (Å²) in [6.45, 7) is 7.68. The number of likely N-dealkylation sites (tertiary alicyclic amines) is 1. The van der Waals surface area contributed by atoms with Gasteiger partial charge in [0.05, 0.1) is 30.3 Å². The molecule has 11 heteroatoms. The molecule has 2 aliphatic heterocycles. The Balaban J connectivity index is 1.57. The van der Waals surface area contributed by atoms with Crippen LogP contribution < -0.4 is 15.4 Å². The number of rotatable bonds is 9. The summed E-state index contributed by atoms with van der Waals surface area (Å²) in [6.07, 6.45) is 3.34. The van der Waals surface area contributed by atoms with Crippen molar-refractivity contribution in [2.24, 2.45) is 17.3 Å². The number of nitrogens with one attached hydrogen (secondary N) is 2. The van der Waals surface area contributed by atoms with Gasteiger partial charge in [-0.3, -0.25) is 14.5 Å². The van der Waals surface area contributed by atoms with Crippen LogP contribution in [-0.4, -0.2) is 65.2 Å². The molecule has 0 aromatic heterocycles. The molecule has 2 fully saturated rings. The molecule has 3 aromatic rings. The number of carboxylic acid groups (broad SMARTS) is 2. The van der Waals surface area contributed by atoms with Crippen molar-refractivity contribution in [3.63, 3.8) is 0 Å². The zero-order valence-corrected chi connectivity index (χ0v) is 30.4. The fourth-order valence-corrected chi connectivity index (χ4v) is 9.26. The van der Waals surface area contributed by atoms with Gasteiger partial charge in [-0.2, -0.15) is 0 Å². The lowest BCUT2D eigenvalue weighted by Gasteiger charge is -2.42. The molecule has 3 aliphatic rings. The van der Waals surface area contributed by atoms with Crippen LogP contribution in [-0.2, 0) is 15.0 Å². The van der Waals surface area contributed by atoms with Crippen molar-refractivity contribution in [2.75, 3.05) is 30.8 Å². The summed E-state index contributed by atoms with van der Waals surface area (Å²) >= 11 is 13.8. The number of anilines is 2. The molecule has 9 nitrogen and oxygen atoms in total. The highest BCUT2D eigenvalue weighted by Gasteiger charge is 2.65. The van der Waals surface area contributed by atoms with Crippen molar-refractivity contribution in [2.45, 2.75) is 76.3 Å². The zero-order chi connectivity index (χ0) is 36.0. The molecule has 0 bridgehead atoms. The van der Waals surface area contributed by atoms with E-state index in [-0.39, 0.29) is 46.2 Å². The highest BCUT2D eigenvalue weighted by Crippen LogP contribution is 2.60. The first kappa shape index (κ1) is 36.0. The lowest BCUT2D eigenvalue weighted by Crippen LogP contribution is -2.50. The smallest absolute Gasteiger partial charge is 0.337 e. The van der Waals surface area contributed by atoms with E-state index in [0.717, 1.165) is 36.1 Å². The van der Waals surface area contributed by atoms with E-state index in [0.29, 0.717) is 36.0 Å². The number of hydrogen-bond donors (Lipinski definition) is 4. The van der Waals surface area contributed by atoms with Crippen LogP contribution in [0.15, 0.2) is 60.7 Å². The normalized spacial score (nSPS) is 26.3. The van der Waals surface area contributed by atoms with Crippen molar-refractivity contribution in [1.82, 2.24) is 4.90 Å². The average molecular weight is 723 g/mol. The minimum atomic E-state index is -1.19. The van der Waals surface area contributed by atoms with Gasteiger partial charge in [-0.05, 0) is 91.0 Å². The molecule has 266 valence electrons. The highest BCUT2D eigenvalue weighted by molar-refractivity contribution is 6.31. The Morgan fingerprint density at radius 3 is 2.36 bits per heavy atom. The second kappa shape index (κ2) is 14.1. The van der Waals surface area contributed by atoms with Crippen LogP contribution in [0.4, 0.5) is 11.4 Å². The largest absolute Gasteiger partial charge is 0.495 e. The number of hydrogen-bond acceptors (Lipinski definition) is 6. The maximum atomic E-state index is 15.2. The average Bonchev–Trinajstić information content (AvgIpc) is 3.56. The van der Waals surface area contributed by atoms with Crippen LogP contribution in [0.5, 0.6) is 5.75 Å². The predicted molar refractivity (Wildman–Crippen MR) is 196 cm³/mol.